The van der Waals surface area contributed by atoms with Gasteiger partial charge >= 0.3 is 12.1 Å². The van der Waals surface area contributed by atoms with Crippen molar-refractivity contribution in [1.82, 2.24) is 3.97 Å². The Bertz CT molecular complexity index is 1810. The molecule has 1 N–H and O–H groups in total. The maximum atomic E-state index is 14.3. The second-order valence-corrected chi connectivity index (χ2v) is 11.4. The van der Waals surface area contributed by atoms with Gasteiger partial charge in [-0.1, -0.05) is 24.3 Å². The fourth-order valence-electron chi connectivity index (χ4n) is 4.83. The largest absolute Gasteiger partial charge is 0.482 e. The van der Waals surface area contributed by atoms with E-state index in [0.717, 1.165) is 22.2 Å². The Morgan fingerprint density at radius 3 is 2.44 bits per heavy atom. The molecule has 0 aliphatic carbocycles. The van der Waals surface area contributed by atoms with E-state index in [4.69, 9.17) is 4.74 Å². The summed E-state index contributed by atoms with van der Waals surface area (Å²) in [7, 11) is -2.85. The number of aromatic nitrogens is 1. The Hall–Kier alpha value is -4.58. The quantitative estimate of drug-likeness (QED) is 0.291. The van der Waals surface area contributed by atoms with Crippen molar-refractivity contribution in [3.63, 3.8) is 0 Å². The number of ether oxygens (including phenoxy) is 1. The summed E-state index contributed by atoms with van der Waals surface area (Å²) in [4.78, 5) is 24.8. The Morgan fingerprint density at radius 2 is 1.80 bits per heavy atom. The van der Waals surface area contributed by atoms with Crippen molar-refractivity contribution in [2.24, 2.45) is 0 Å². The van der Waals surface area contributed by atoms with Crippen LogP contribution in [-0.4, -0.2) is 43.0 Å². The molecule has 1 unspecified atom stereocenters. The number of halogens is 3. The van der Waals surface area contributed by atoms with Crippen LogP contribution in [-0.2, 0) is 27.4 Å². The lowest BCUT2D eigenvalue weighted by Crippen LogP contribution is -2.35. The third-order valence-corrected chi connectivity index (χ3v) is 8.98. The maximum absolute atomic E-state index is 14.3. The van der Waals surface area contributed by atoms with Crippen molar-refractivity contribution in [2.75, 3.05) is 18.6 Å². The van der Waals surface area contributed by atoms with Gasteiger partial charge < -0.3 is 14.7 Å². The van der Waals surface area contributed by atoms with E-state index >= 15 is 0 Å². The van der Waals surface area contributed by atoms with Gasteiger partial charge in [-0.25, -0.2) is 17.2 Å². The van der Waals surface area contributed by atoms with Crippen molar-refractivity contribution >= 4 is 38.5 Å². The molecule has 8 nitrogen and oxygen atoms in total. The summed E-state index contributed by atoms with van der Waals surface area (Å²) in [5.74, 6) is -1.06. The topological polar surface area (TPSA) is 106 Å². The second kappa shape index (κ2) is 10.1. The van der Waals surface area contributed by atoms with Gasteiger partial charge in [0.05, 0.1) is 22.3 Å². The Morgan fingerprint density at radius 1 is 1.10 bits per heavy atom. The number of carboxylic acids is 1. The lowest BCUT2D eigenvalue weighted by molar-refractivity contribution is -0.137. The number of fused-ring (bicyclic) bond motifs is 2. The number of benzene rings is 3. The zero-order chi connectivity index (χ0) is 29.7. The van der Waals surface area contributed by atoms with Crippen molar-refractivity contribution in [3.8, 4) is 5.75 Å². The van der Waals surface area contributed by atoms with Gasteiger partial charge in [0.25, 0.3) is 5.91 Å². The second-order valence-electron chi connectivity index (χ2n) is 9.52. The summed E-state index contributed by atoms with van der Waals surface area (Å²) in [5, 5.41) is 7.91. The van der Waals surface area contributed by atoms with Gasteiger partial charge in [-0.3, -0.25) is 4.79 Å². The number of carboxylic acid groups (broad SMARTS) is 1. The minimum atomic E-state index is -4.64. The number of hydrogen-bond donors (Lipinski definition) is 1. The first-order chi connectivity index (χ1) is 19.3. The zero-order valence-electron chi connectivity index (χ0n) is 21.6. The van der Waals surface area contributed by atoms with Crippen molar-refractivity contribution in [1.29, 1.82) is 0 Å². The van der Waals surface area contributed by atoms with Crippen molar-refractivity contribution in [2.45, 2.75) is 17.8 Å². The van der Waals surface area contributed by atoms with E-state index in [1.54, 1.807) is 6.07 Å². The first-order valence-electron chi connectivity index (χ1n) is 12.3. The summed E-state index contributed by atoms with van der Waals surface area (Å²) < 4.78 is 75.4. The third kappa shape index (κ3) is 5.06. The van der Waals surface area contributed by atoms with Gasteiger partial charge in [0.15, 0.2) is 6.61 Å². The highest BCUT2D eigenvalue weighted by atomic mass is 32.2. The first-order valence-corrected chi connectivity index (χ1v) is 13.8. The summed E-state index contributed by atoms with van der Waals surface area (Å²) >= 11 is 0. The SMILES string of the molecule is C=CC(c1ccc2c(c1)N(C)C(=O)CO2)S(=O)(=O)n1c(Cc2ccc(C(=O)O)cc2)cc2cc(C(F)(F)F)ccc21. The number of carbonyl (C=O) groups excluding carboxylic acids is 1. The van der Waals surface area contributed by atoms with Gasteiger partial charge in [-0.2, -0.15) is 13.2 Å². The summed E-state index contributed by atoms with van der Waals surface area (Å²) in [6.07, 6.45) is -3.45. The molecule has 0 radical (unpaired) electrons. The summed E-state index contributed by atoms with van der Waals surface area (Å²) in [6, 6.07) is 14.5. The normalized spacial score (nSPS) is 14.4. The number of carbonyl (C=O) groups is 2. The molecule has 1 aliphatic rings. The van der Waals surface area contributed by atoms with Crippen LogP contribution in [0.1, 0.15) is 38.0 Å². The molecule has 0 bridgehead atoms. The Balaban J connectivity index is 1.66. The fraction of sp³-hybridized carbons (Fsp3) is 0.172. The highest BCUT2D eigenvalue weighted by molar-refractivity contribution is 7.90. The highest BCUT2D eigenvalue weighted by Crippen LogP contribution is 2.39. The van der Waals surface area contributed by atoms with Crippen LogP contribution in [0.25, 0.3) is 10.9 Å². The monoisotopic (exact) mass is 584 g/mol. The lowest BCUT2D eigenvalue weighted by Gasteiger charge is -2.27. The van der Waals surface area contributed by atoms with E-state index in [2.05, 4.69) is 6.58 Å². The van der Waals surface area contributed by atoms with E-state index in [-0.39, 0.29) is 46.7 Å². The third-order valence-electron chi connectivity index (χ3n) is 6.93. The van der Waals surface area contributed by atoms with Gasteiger partial charge in [0, 0.05) is 24.5 Å². The molecule has 1 amide bonds. The minimum absolute atomic E-state index is 0.0196. The molecule has 2 heterocycles. The van der Waals surface area contributed by atoms with E-state index in [1.807, 2.05) is 0 Å². The summed E-state index contributed by atoms with van der Waals surface area (Å²) in [5.41, 5.74) is 0.494. The van der Waals surface area contributed by atoms with E-state index in [1.165, 1.54) is 60.5 Å². The zero-order valence-corrected chi connectivity index (χ0v) is 22.4. The summed E-state index contributed by atoms with van der Waals surface area (Å²) in [6.45, 7) is 3.56. The Labute approximate surface area is 232 Å². The number of hydrogen-bond acceptors (Lipinski definition) is 5. The van der Waals surface area contributed by atoms with Gasteiger partial charge in [-0.15, -0.1) is 6.58 Å². The molecule has 0 spiro atoms. The number of anilines is 1. The maximum Gasteiger partial charge on any atom is 0.416 e. The first kappa shape index (κ1) is 28.0. The number of aromatic carboxylic acids is 1. The van der Waals surface area contributed by atoms with Gasteiger partial charge in [0.2, 0.25) is 10.0 Å². The standard InChI is InChI=1S/C29H23F3N2O6S/c1-3-26(19-8-11-25-24(15-19)33(2)27(35)16-40-25)41(38,39)34-22(12-17-4-6-18(7-5-17)28(36)37)14-20-13-21(29(30,31)32)9-10-23(20)34/h3-11,13-15,26H,1,12,16H2,2H3,(H,36,37). The molecule has 0 saturated heterocycles. The molecule has 1 atom stereocenters. The highest BCUT2D eigenvalue weighted by Gasteiger charge is 2.34. The number of rotatable bonds is 7. The van der Waals surface area contributed by atoms with E-state index in [9.17, 15) is 36.3 Å². The molecule has 3 aromatic carbocycles. The van der Waals surface area contributed by atoms with Crippen LogP contribution in [0.5, 0.6) is 5.75 Å². The Kier molecular flexibility index (Phi) is 6.90. The smallest absolute Gasteiger partial charge is 0.416 e. The van der Waals surface area contributed by atoms with Gasteiger partial charge in [-0.05, 0) is 59.7 Å². The fourth-order valence-corrected chi connectivity index (χ4v) is 6.68. The molecule has 0 fully saturated rings. The molecule has 1 aromatic heterocycles. The van der Waals surface area contributed by atoms with Crippen LogP contribution in [0.2, 0.25) is 0 Å². The van der Waals surface area contributed by atoms with Crippen LogP contribution in [0.3, 0.4) is 0 Å². The van der Waals surface area contributed by atoms with E-state index in [0.29, 0.717) is 17.0 Å². The minimum Gasteiger partial charge on any atom is -0.482 e. The predicted octanol–water partition coefficient (Wildman–Crippen LogP) is 5.41. The molecular weight excluding hydrogens is 561 g/mol. The van der Waals surface area contributed by atoms with Crippen molar-refractivity contribution < 1.29 is 41.0 Å². The molecule has 5 rings (SSSR count). The van der Waals surface area contributed by atoms with Crippen LogP contribution >= 0.6 is 0 Å². The number of nitrogens with zero attached hydrogens (tertiary/aromatic N) is 2. The molecule has 12 heteroatoms. The average Bonchev–Trinajstić information content (AvgIpc) is 3.29. The molecular formula is C29H23F3N2O6S. The van der Waals surface area contributed by atoms with Crippen LogP contribution in [0.4, 0.5) is 18.9 Å². The van der Waals surface area contributed by atoms with Crippen LogP contribution in [0, 0.1) is 0 Å². The molecule has 4 aromatic rings. The molecule has 41 heavy (non-hydrogen) atoms. The van der Waals surface area contributed by atoms with E-state index < -0.39 is 33.0 Å². The molecule has 1 aliphatic heterocycles. The van der Waals surface area contributed by atoms with Crippen LogP contribution in [0.15, 0.2) is 79.4 Å². The molecule has 0 saturated carbocycles. The molecule has 212 valence electrons. The number of likely N-dealkylation sites (N-methyl/N-ethyl adjacent to an activating group) is 1. The number of amides is 1. The van der Waals surface area contributed by atoms with Crippen LogP contribution < -0.4 is 9.64 Å². The van der Waals surface area contributed by atoms with Gasteiger partial charge in [0.1, 0.15) is 11.0 Å². The van der Waals surface area contributed by atoms with Crippen molar-refractivity contribution in [3.05, 3.63) is 107 Å². The number of alkyl halides is 3. The predicted molar refractivity (Wildman–Crippen MR) is 146 cm³/mol. The lowest BCUT2D eigenvalue weighted by atomic mass is 10.1. The average molecular weight is 585 g/mol.